The molecule has 0 saturated carbocycles. The number of aromatic amines is 1. The highest BCUT2D eigenvalue weighted by Gasteiger charge is 2.16. The molecule has 1 fully saturated rings. The predicted octanol–water partition coefficient (Wildman–Crippen LogP) is 1.90. The minimum atomic E-state index is 0.611. The molecular weight excluding hydrogens is 240 g/mol. The number of nitrogens with one attached hydrogen (secondary N) is 2. The largest absolute Gasteiger partial charge is 0.359 e. The molecule has 0 aliphatic carbocycles. The van der Waals surface area contributed by atoms with Crippen molar-refractivity contribution < 1.29 is 0 Å². The minimum absolute atomic E-state index is 0.611. The van der Waals surface area contributed by atoms with Gasteiger partial charge in [-0.05, 0) is 31.4 Å². The third-order valence-corrected chi connectivity index (χ3v) is 3.32. The monoisotopic (exact) mass is 258 g/mol. The average Bonchev–Trinajstić information content (AvgIpc) is 3.02. The molecule has 1 aliphatic heterocycles. The molecule has 0 amide bonds. The molecule has 6 nitrogen and oxygen atoms in total. The lowest BCUT2D eigenvalue weighted by Gasteiger charge is -2.26. The summed E-state index contributed by atoms with van der Waals surface area (Å²) in [5.74, 6) is 2.06. The first-order valence-electron chi connectivity index (χ1n) is 6.69. The fourth-order valence-electron chi connectivity index (χ4n) is 2.30. The number of nitrogens with zero attached hydrogens (tertiary/aromatic N) is 4. The quantitative estimate of drug-likeness (QED) is 0.880. The van der Waals surface area contributed by atoms with Crippen molar-refractivity contribution in [2.24, 2.45) is 0 Å². The molecule has 19 heavy (non-hydrogen) atoms. The van der Waals surface area contributed by atoms with E-state index >= 15 is 0 Å². The molecule has 3 rings (SSSR count). The van der Waals surface area contributed by atoms with Crippen LogP contribution in [0.5, 0.6) is 0 Å². The molecule has 2 aromatic rings. The van der Waals surface area contributed by atoms with E-state index in [1.54, 1.807) is 0 Å². The molecule has 0 atom stereocenters. The van der Waals surface area contributed by atoms with Gasteiger partial charge in [-0.1, -0.05) is 0 Å². The van der Waals surface area contributed by atoms with Crippen molar-refractivity contribution in [2.45, 2.75) is 19.3 Å². The number of anilines is 2. The van der Waals surface area contributed by atoms with Crippen LogP contribution in [0.2, 0.25) is 0 Å². The summed E-state index contributed by atoms with van der Waals surface area (Å²) in [4.78, 5) is 18.8. The van der Waals surface area contributed by atoms with E-state index < -0.39 is 0 Å². The van der Waals surface area contributed by atoms with Gasteiger partial charge in [-0.2, -0.15) is 15.0 Å². The van der Waals surface area contributed by atoms with Crippen molar-refractivity contribution in [1.82, 2.24) is 19.9 Å². The molecule has 0 radical (unpaired) electrons. The van der Waals surface area contributed by atoms with Crippen LogP contribution in [0.25, 0.3) is 11.5 Å². The molecule has 0 aromatic carbocycles. The second kappa shape index (κ2) is 5.26. The van der Waals surface area contributed by atoms with Crippen molar-refractivity contribution in [3.63, 3.8) is 0 Å². The van der Waals surface area contributed by atoms with Crippen molar-refractivity contribution >= 4 is 11.9 Å². The van der Waals surface area contributed by atoms with Gasteiger partial charge >= 0.3 is 0 Å². The molecule has 3 heterocycles. The number of rotatable bonds is 3. The zero-order valence-electron chi connectivity index (χ0n) is 11.1. The van der Waals surface area contributed by atoms with E-state index in [0.717, 1.165) is 24.7 Å². The van der Waals surface area contributed by atoms with Crippen molar-refractivity contribution in [2.75, 3.05) is 30.4 Å². The molecule has 0 bridgehead atoms. The molecule has 0 unspecified atom stereocenters. The van der Waals surface area contributed by atoms with Crippen LogP contribution >= 0.6 is 0 Å². The lowest BCUT2D eigenvalue weighted by Crippen LogP contribution is -2.31. The van der Waals surface area contributed by atoms with Gasteiger partial charge in [0, 0.05) is 26.3 Å². The number of H-pyrrole nitrogens is 1. The highest BCUT2D eigenvalue weighted by molar-refractivity contribution is 5.54. The maximum Gasteiger partial charge on any atom is 0.230 e. The maximum atomic E-state index is 4.58. The topological polar surface area (TPSA) is 69.7 Å². The first kappa shape index (κ1) is 12.0. The second-order valence-corrected chi connectivity index (χ2v) is 4.66. The molecule has 100 valence electrons. The third kappa shape index (κ3) is 2.52. The van der Waals surface area contributed by atoms with E-state index in [-0.39, 0.29) is 0 Å². The zero-order chi connectivity index (χ0) is 13.1. The summed E-state index contributed by atoms with van der Waals surface area (Å²) in [5, 5.41) is 3.01. The van der Waals surface area contributed by atoms with Crippen LogP contribution in [0.15, 0.2) is 18.3 Å². The Labute approximate surface area is 112 Å². The third-order valence-electron chi connectivity index (χ3n) is 3.32. The Hall–Kier alpha value is -2.11. The lowest BCUT2D eigenvalue weighted by molar-refractivity contribution is 0.568. The van der Waals surface area contributed by atoms with E-state index in [4.69, 9.17) is 0 Å². The van der Waals surface area contributed by atoms with Crippen molar-refractivity contribution in [3.8, 4) is 11.5 Å². The number of piperidine rings is 1. The Morgan fingerprint density at radius 3 is 2.68 bits per heavy atom. The van der Waals surface area contributed by atoms with Gasteiger partial charge in [0.05, 0.1) is 5.69 Å². The second-order valence-electron chi connectivity index (χ2n) is 4.66. The minimum Gasteiger partial charge on any atom is -0.359 e. The Bertz CT molecular complexity index is 530. The molecule has 2 N–H and O–H groups in total. The Morgan fingerprint density at radius 1 is 1.16 bits per heavy atom. The number of aromatic nitrogens is 4. The maximum absolute atomic E-state index is 4.58. The van der Waals surface area contributed by atoms with E-state index in [1.165, 1.54) is 19.3 Å². The molecule has 1 saturated heterocycles. The first-order chi connectivity index (χ1) is 9.36. The average molecular weight is 258 g/mol. The Kier molecular flexibility index (Phi) is 3.31. The van der Waals surface area contributed by atoms with Gasteiger partial charge in [0.2, 0.25) is 11.9 Å². The van der Waals surface area contributed by atoms with Crippen molar-refractivity contribution in [1.29, 1.82) is 0 Å². The molecule has 1 aliphatic rings. The van der Waals surface area contributed by atoms with E-state index in [1.807, 2.05) is 25.4 Å². The van der Waals surface area contributed by atoms with Gasteiger partial charge in [-0.3, -0.25) is 0 Å². The molecule has 6 heteroatoms. The highest BCUT2D eigenvalue weighted by atomic mass is 15.3. The summed E-state index contributed by atoms with van der Waals surface area (Å²) in [7, 11) is 1.83. The van der Waals surface area contributed by atoms with Crippen LogP contribution in [-0.4, -0.2) is 40.1 Å². The first-order valence-corrected chi connectivity index (χ1v) is 6.69. The summed E-state index contributed by atoms with van der Waals surface area (Å²) >= 11 is 0. The fraction of sp³-hybridized carbons (Fsp3) is 0.462. The van der Waals surface area contributed by atoms with E-state index in [2.05, 4.69) is 30.2 Å². The van der Waals surface area contributed by atoms with Crippen LogP contribution in [0.1, 0.15) is 19.3 Å². The van der Waals surface area contributed by atoms with Gasteiger partial charge in [-0.15, -0.1) is 0 Å². The number of hydrogen-bond donors (Lipinski definition) is 2. The zero-order valence-corrected chi connectivity index (χ0v) is 11.1. The molecular formula is C13H18N6. The molecule has 0 spiro atoms. The van der Waals surface area contributed by atoms with E-state index in [9.17, 15) is 0 Å². The Morgan fingerprint density at radius 2 is 2.00 bits per heavy atom. The Balaban J connectivity index is 1.97. The van der Waals surface area contributed by atoms with Gasteiger partial charge in [0.1, 0.15) is 0 Å². The standard InChI is InChI=1S/C13H18N6/c1-14-12-16-11(10-6-5-7-15-10)17-13(18-12)19-8-3-2-4-9-19/h5-7,15H,2-4,8-9H2,1H3,(H,14,16,17,18). The smallest absolute Gasteiger partial charge is 0.230 e. The summed E-state index contributed by atoms with van der Waals surface area (Å²) in [6, 6.07) is 3.91. The number of hydrogen-bond acceptors (Lipinski definition) is 5. The van der Waals surface area contributed by atoms with Crippen LogP contribution < -0.4 is 10.2 Å². The summed E-state index contributed by atoms with van der Waals surface area (Å²) < 4.78 is 0. The van der Waals surface area contributed by atoms with Crippen molar-refractivity contribution in [3.05, 3.63) is 18.3 Å². The summed E-state index contributed by atoms with van der Waals surface area (Å²) in [6.45, 7) is 2.05. The van der Waals surface area contributed by atoms with Gasteiger partial charge < -0.3 is 15.2 Å². The van der Waals surface area contributed by atoms with Crippen LogP contribution in [0, 0.1) is 0 Å². The van der Waals surface area contributed by atoms with E-state index in [0.29, 0.717) is 11.8 Å². The lowest BCUT2D eigenvalue weighted by atomic mass is 10.1. The fourth-order valence-corrected chi connectivity index (χ4v) is 2.30. The highest BCUT2D eigenvalue weighted by Crippen LogP contribution is 2.20. The van der Waals surface area contributed by atoms with Crippen LogP contribution in [0.4, 0.5) is 11.9 Å². The SMILES string of the molecule is CNc1nc(-c2ccc[nH]2)nc(N2CCCCC2)n1. The van der Waals surface area contributed by atoms with Crippen LogP contribution in [0.3, 0.4) is 0 Å². The summed E-state index contributed by atoms with van der Waals surface area (Å²) in [6.07, 6.45) is 5.58. The van der Waals surface area contributed by atoms with Gasteiger partial charge in [0.25, 0.3) is 0 Å². The summed E-state index contributed by atoms with van der Waals surface area (Å²) in [5.41, 5.74) is 0.914. The van der Waals surface area contributed by atoms with Gasteiger partial charge in [-0.25, -0.2) is 0 Å². The molecule has 2 aromatic heterocycles. The van der Waals surface area contributed by atoms with Crippen LogP contribution in [-0.2, 0) is 0 Å². The van der Waals surface area contributed by atoms with Gasteiger partial charge in [0.15, 0.2) is 5.82 Å². The normalized spacial score (nSPS) is 15.5. The predicted molar refractivity (Wildman–Crippen MR) is 75.2 cm³/mol.